The summed E-state index contributed by atoms with van der Waals surface area (Å²) in [5.74, 6) is -0.168. The van der Waals surface area contributed by atoms with Crippen molar-refractivity contribution in [1.82, 2.24) is 15.5 Å². The molecule has 3 aromatic rings. The van der Waals surface area contributed by atoms with Gasteiger partial charge in [-0.1, -0.05) is 17.7 Å². The van der Waals surface area contributed by atoms with Gasteiger partial charge in [0.2, 0.25) is 5.91 Å². The van der Waals surface area contributed by atoms with Crippen LogP contribution in [0.1, 0.15) is 18.4 Å². The van der Waals surface area contributed by atoms with Gasteiger partial charge >= 0.3 is 0 Å². The highest BCUT2D eigenvalue weighted by Gasteiger charge is 2.23. The van der Waals surface area contributed by atoms with Gasteiger partial charge in [0.05, 0.1) is 12.1 Å². The summed E-state index contributed by atoms with van der Waals surface area (Å²) in [6.07, 6.45) is 1.44. The van der Waals surface area contributed by atoms with Crippen molar-refractivity contribution in [2.75, 3.05) is 18.0 Å². The summed E-state index contributed by atoms with van der Waals surface area (Å²) >= 11 is 6.00. The molecule has 156 valence electrons. The molecule has 8 heteroatoms. The Balaban J connectivity index is 1.31. The summed E-state index contributed by atoms with van der Waals surface area (Å²) in [4.78, 5) is 14.5. The number of H-pyrrole nitrogens is 1. The predicted octanol–water partition coefficient (Wildman–Crippen LogP) is 4.34. The van der Waals surface area contributed by atoms with Gasteiger partial charge in [-0.05, 0) is 54.8 Å². The molecule has 1 aliphatic rings. The molecular formula is C22H21ClF2N4O. The standard InChI is InChI=1S/C22H21ClF2N4O/c23-18-2-1-3-19(25)17(18)12-22(30)26-16-8-10-29(11-9-16)21-13-20(27-28-21)14-4-6-15(24)7-5-14/h1-7,13,16H,8-12H2,(H,26,30)(H,27,28). The number of piperidine rings is 1. The number of anilines is 1. The van der Waals surface area contributed by atoms with Crippen molar-refractivity contribution in [3.63, 3.8) is 0 Å². The second-order valence-corrected chi connectivity index (χ2v) is 7.76. The molecule has 0 saturated carbocycles. The summed E-state index contributed by atoms with van der Waals surface area (Å²) in [5.41, 5.74) is 1.91. The average molecular weight is 431 g/mol. The molecule has 0 bridgehead atoms. The van der Waals surface area contributed by atoms with Crippen LogP contribution in [0, 0.1) is 11.6 Å². The van der Waals surface area contributed by atoms with Crippen LogP contribution in [-0.2, 0) is 11.2 Å². The maximum Gasteiger partial charge on any atom is 0.224 e. The number of benzene rings is 2. The number of carbonyl (C=O) groups excluding carboxylic acids is 1. The van der Waals surface area contributed by atoms with Crippen molar-refractivity contribution >= 4 is 23.3 Å². The van der Waals surface area contributed by atoms with Crippen molar-refractivity contribution in [1.29, 1.82) is 0 Å². The number of amides is 1. The lowest BCUT2D eigenvalue weighted by Gasteiger charge is -2.32. The van der Waals surface area contributed by atoms with Gasteiger partial charge in [0.25, 0.3) is 0 Å². The fraction of sp³-hybridized carbons (Fsp3) is 0.273. The van der Waals surface area contributed by atoms with Crippen LogP contribution in [0.15, 0.2) is 48.5 Å². The Labute approximate surface area is 178 Å². The van der Waals surface area contributed by atoms with E-state index in [1.165, 1.54) is 24.3 Å². The first kappa shape index (κ1) is 20.3. The van der Waals surface area contributed by atoms with Crippen LogP contribution in [0.25, 0.3) is 11.3 Å². The lowest BCUT2D eigenvalue weighted by molar-refractivity contribution is -0.121. The van der Waals surface area contributed by atoms with E-state index in [-0.39, 0.29) is 34.8 Å². The average Bonchev–Trinajstić information content (AvgIpc) is 3.22. The van der Waals surface area contributed by atoms with Crippen LogP contribution < -0.4 is 10.2 Å². The van der Waals surface area contributed by atoms with E-state index in [2.05, 4.69) is 20.4 Å². The zero-order chi connectivity index (χ0) is 21.1. The first-order valence-corrected chi connectivity index (χ1v) is 10.2. The largest absolute Gasteiger partial charge is 0.355 e. The third-order valence-electron chi connectivity index (χ3n) is 5.30. The molecule has 30 heavy (non-hydrogen) atoms. The van der Waals surface area contributed by atoms with Crippen molar-refractivity contribution in [2.45, 2.75) is 25.3 Å². The molecule has 1 aromatic heterocycles. The minimum atomic E-state index is -0.469. The molecule has 0 radical (unpaired) electrons. The smallest absolute Gasteiger partial charge is 0.224 e. The first-order valence-electron chi connectivity index (χ1n) is 9.78. The fourth-order valence-corrected chi connectivity index (χ4v) is 3.87. The van der Waals surface area contributed by atoms with Crippen molar-refractivity contribution in [2.24, 2.45) is 0 Å². The number of aromatic amines is 1. The molecule has 0 aliphatic carbocycles. The summed E-state index contributed by atoms with van der Waals surface area (Å²) < 4.78 is 27.0. The Hall–Kier alpha value is -2.93. The molecule has 5 nitrogen and oxygen atoms in total. The number of halogens is 3. The molecule has 2 aromatic carbocycles. The Kier molecular flexibility index (Phi) is 5.99. The monoisotopic (exact) mass is 430 g/mol. The van der Waals surface area contributed by atoms with Gasteiger partial charge in [-0.15, -0.1) is 0 Å². The van der Waals surface area contributed by atoms with Gasteiger partial charge in [-0.25, -0.2) is 8.78 Å². The van der Waals surface area contributed by atoms with Gasteiger partial charge < -0.3 is 10.2 Å². The highest BCUT2D eigenvalue weighted by atomic mass is 35.5. The fourth-order valence-electron chi connectivity index (χ4n) is 3.64. The van der Waals surface area contributed by atoms with Crippen LogP contribution in [-0.4, -0.2) is 35.2 Å². The number of rotatable bonds is 5. The quantitative estimate of drug-likeness (QED) is 0.633. The highest BCUT2D eigenvalue weighted by Crippen LogP contribution is 2.25. The zero-order valence-electron chi connectivity index (χ0n) is 16.2. The summed E-state index contributed by atoms with van der Waals surface area (Å²) in [5, 5.41) is 10.6. The molecule has 1 fully saturated rings. The summed E-state index contributed by atoms with van der Waals surface area (Å²) in [6.45, 7) is 1.47. The van der Waals surface area contributed by atoms with E-state index in [4.69, 9.17) is 11.6 Å². The van der Waals surface area contributed by atoms with Gasteiger partial charge in [0, 0.05) is 35.8 Å². The van der Waals surface area contributed by atoms with E-state index in [1.54, 1.807) is 18.2 Å². The van der Waals surface area contributed by atoms with Crippen LogP contribution in [0.4, 0.5) is 14.6 Å². The molecule has 1 saturated heterocycles. The summed E-state index contributed by atoms with van der Waals surface area (Å²) in [7, 11) is 0. The second-order valence-electron chi connectivity index (χ2n) is 7.35. The predicted molar refractivity (Wildman–Crippen MR) is 112 cm³/mol. The number of hydrogen-bond acceptors (Lipinski definition) is 3. The lowest BCUT2D eigenvalue weighted by Crippen LogP contribution is -2.45. The Morgan fingerprint density at radius 2 is 1.90 bits per heavy atom. The van der Waals surface area contributed by atoms with E-state index in [0.717, 1.165) is 43.0 Å². The van der Waals surface area contributed by atoms with Gasteiger partial charge in [0.15, 0.2) is 5.82 Å². The van der Waals surface area contributed by atoms with Gasteiger partial charge in [-0.3, -0.25) is 9.89 Å². The topological polar surface area (TPSA) is 61.0 Å². The van der Waals surface area contributed by atoms with Crippen LogP contribution in [0.3, 0.4) is 0 Å². The minimum Gasteiger partial charge on any atom is -0.355 e. The third kappa shape index (κ3) is 4.62. The maximum absolute atomic E-state index is 13.9. The minimum absolute atomic E-state index is 0.0230. The van der Waals surface area contributed by atoms with E-state index < -0.39 is 5.82 Å². The molecule has 1 aliphatic heterocycles. The first-order chi connectivity index (χ1) is 14.5. The molecule has 1 amide bonds. The second kappa shape index (κ2) is 8.83. The number of carbonyl (C=O) groups is 1. The maximum atomic E-state index is 13.9. The Morgan fingerprint density at radius 3 is 2.60 bits per heavy atom. The Morgan fingerprint density at radius 1 is 1.17 bits per heavy atom. The number of hydrogen-bond donors (Lipinski definition) is 2. The van der Waals surface area contributed by atoms with Crippen LogP contribution in [0.5, 0.6) is 0 Å². The molecule has 0 atom stereocenters. The number of nitrogens with one attached hydrogen (secondary N) is 2. The van der Waals surface area contributed by atoms with E-state index in [0.29, 0.717) is 0 Å². The van der Waals surface area contributed by atoms with Crippen molar-refractivity contribution in [3.8, 4) is 11.3 Å². The Bertz CT molecular complexity index is 1010. The molecule has 0 unspecified atom stereocenters. The zero-order valence-corrected chi connectivity index (χ0v) is 16.9. The normalized spacial score (nSPS) is 14.7. The van der Waals surface area contributed by atoms with Crippen LogP contribution >= 0.6 is 11.6 Å². The SMILES string of the molecule is O=C(Cc1c(F)cccc1Cl)NC1CCN(c2cc(-c3ccc(F)cc3)[nH]n2)CC1. The van der Waals surface area contributed by atoms with Gasteiger partial charge in [-0.2, -0.15) is 5.10 Å². The molecule has 2 heterocycles. The molecule has 2 N–H and O–H groups in total. The molecule has 0 spiro atoms. The van der Waals surface area contributed by atoms with Crippen LogP contribution in [0.2, 0.25) is 5.02 Å². The van der Waals surface area contributed by atoms with E-state index in [1.807, 2.05) is 6.07 Å². The summed E-state index contributed by atoms with van der Waals surface area (Å²) in [6, 6.07) is 12.6. The van der Waals surface area contributed by atoms with E-state index in [9.17, 15) is 13.6 Å². The van der Waals surface area contributed by atoms with E-state index >= 15 is 0 Å². The lowest BCUT2D eigenvalue weighted by atomic mass is 10.0. The molecular weight excluding hydrogens is 410 g/mol. The number of nitrogens with zero attached hydrogens (tertiary/aromatic N) is 2. The van der Waals surface area contributed by atoms with Gasteiger partial charge in [0.1, 0.15) is 11.6 Å². The van der Waals surface area contributed by atoms with Crippen molar-refractivity contribution in [3.05, 3.63) is 70.8 Å². The highest BCUT2D eigenvalue weighted by molar-refractivity contribution is 6.31. The number of aromatic nitrogens is 2. The van der Waals surface area contributed by atoms with Crippen molar-refractivity contribution < 1.29 is 13.6 Å². The molecule has 4 rings (SSSR count). The third-order valence-corrected chi connectivity index (χ3v) is 5.66.